The molecule has 0 heterocycles. The number of carbonyl (C=O) groups is 2. The molecule has 1 aromatic rings. The maximum Gasteiger partial charge on any atom is 0.227 e. The summed E-state index contributed by atoms with van der Waals surface area (Å²) < 4.78 is 13.8. The predicted octanol–water partition coefficient (Wildman–Crippen LogP) is 3.94. The molecule has 136 valence electrons. The molecule has 0 atom stereocenters. The van der Waals surface area contributed by atoms with E-state index in [0.717, 1.165) is 56.9 Å². The zero-order valence-electron chi connectivity index (χ0n) is 14.8. The first-order chi connectivity index (χ1) is 12.0. The van der Waals surface area contributed by atoms with Crippen molar-refractivity contribution in [3.8, 4) is 0 Å². The highest BCUT2D eigenvalue weighted by Gasteiger charge is 2.30. The molecule has 0 aromatic heterocycles. The first kappa shape index (κ1) is 17.9. The van der Waals surface area contributed by atoms with Gasteiger partial charge < -0.3 is 10.6 Å². The number of halogens is 1. The Hall–Kier alpha value is -1.91. The third kappa shape index (κ3) is 4.59. The number of rotatable bonds is 4. The zero-order valence-corrected chi connectivity index (χ0v) is 14.8. The lowest BCUT2D eigenvalue weighted by Gasteiger charge is -2.29. The molecule has 2 N–H and O–H groups in total. The first-order valence-electron chi connectivity index (χ1n) is 9.40. The normalized spacial score (nSPS) is 24.1. The Balaban J connectivity index is 1.47. The van der Waals surface area contributed by atoms with Gasteiger partial charge in [0.2, 0.25) is 11.8 Å². The van der Waals surface area contributed by atoms with Crippen LogP contribution in [0.5, 0.6) is 0 Å². The molecule has 0 radical (unpaired) electrons. The van der Waals surface area contributed by atoms with E-state index in [-0.39, 0.29) is 35.4 Å². The molecule has 4 nitrogen and oxygen atoms in total. The van der Waals surface area contributed by atoms with E-state index < -0.39 is 5.82 Å². The average molecular weight is 346 g/mol. The highest BCUT2D eigenvalue weighted by molar-refractivity contribution is 5.92. The number of hydrogen-bond acceptors (Lipinski definition) is 2. The smallest absolute Gasteiger partial charge is 0.227 e. The molecule has 2 amide bonds. The summed E-state index contributed by atoms with van der Waals surface area (Å²) in [4.78, 5) is 24.6. The molecule has 0 saturated heterocycles. The number of carbonyl (C=O) groups excluding carboxylic acids is 2. The maximum atomic E-state index is 13.8. The minimum absolute atomic E-state index is 0.112. The SMILES string of the molecule is Cc1ccc(F)c(NC(=O)C2CCC(NC(=O)C3CCCC3)CC2)c1. The molecule has 2 saturated carbocycles. The van der Waals surface area contributed by atoms with Crippen LogP contribution in [0, 0.1) is 24.6 Å². The van der Waals surface area contributed by atoms with E-state index in [1.165, 1.54) is 6.07 Å². The number of benzene rings is 1. The fourth-order valence-corrected chi connectivity index (χ4v) is 3.98. The maximum absolute atomic E-state index is 13.8. The van der Waals surface area contributed by atoms with Crippen LogP contribution in [-0.4, -0.2) is 17.9 Å². The molecular formula is C20H27FN2O2. The summed E-state index contributed by atoms with van der Waals surface area (Å²) in [6, 6.07) is 4.89. The Morgan fingerprint density at radius 2 is 1.60 bits per heavy atom. The second kappa shape index (κ2) is 7.98. The Labute approximate surface area is 148 Å². The van der Waals surface area contributed by atoms with Crippen LogP contribution in [-0.2, 0) is 9.59 Å². The van der Waals surface area contributed by atoms with Gasteiger partial charge in [-0.25, -0.2) is 4.39 Å². The minimum Gasteiger partial charge on any atom is -0.353 e. The Morgan fingerprint density at radius 3 is 2.28 bits per heavy atom. The summed E-state index contributed by atoms with van der Waals surface area (Å²) in [5.74, 6) is -0.265. The van der Waals surface area contributed by atoms with Gasteiger partial charge in [0.05, 0.1) is 5.69 Å². The van der Waals surface area contributed by atoms with Crippen LogP contribution in [0.25, 0.3) is 0 Å². The van der Waals surface area contributed by atoms with Crippen LogP contribution >= 0.6 is 0 Å². The lowest BCUT2D eigenvalue weighted by Crippen LogP contribution is -2.41. The summed E-state index contributed by atoms with van der Waals surface area (Å²) in [7, 11) is 0. The topological polar surface area (TPSA) is 58.2 Å². The van der Waals surface area contributed by atoms with Crippen molar-refractivity contribution in [2.45, 2.75) is 64.3 Å². The number of nitrogens with one attached hydrogen (secondary N) is 2. The molecule has 25 heavy (non-hydrogen) atoms. The summed E-state index contributed by atoms with van der Waals surface area (Å²) in [5.41, 5.74) is 1.16. The first-order valence-corrected chi connectivity index (χ1v) is 9.40. The van der Waals surface area contributed by atoms with Gasteiger partial charge in [0.25, 0.3) is 0 Å². The Bertz CT molecular complexity index is 633. The molecule has 0 spiro atoms. The van der Waals surface area contributed by atoms with Crippen molar-refractivity contribution in [2.75, 3.05) is 5.32 Å². The molecular weight excluding hydrogens is 319 g/mol. The van der Waals surface area contributed by atoms with Crippen LogP contribution in [0.3, 0.4) is 0 Å². The summed E-state index contributed by atoms with van der Waals surface area (Å²) in [6.07, 6.45) is 7.40. The van der Waals surface area contributed by atoms with Crippen molar-refractivity contribution in [1.29, 1.82) is 0 Å². The lowest BCUT2D eigenvalue weighted by molar-refractivity contribution is -0.125. The average Bonchev–Trinajstić information content (AvgIpc) is 3.13. The molecule has 2 fully saturated rings. The fourth-order valence-electron chi connectivity index (χ4n) is 3.98. The van der Waals surface area contributed by atoms with Gasteiger partial charge >= 0.3 is 0 Å². The second-order valence-electron chi connectivity index (χ2n) is 7.51. The molecule has 0 bridgehead atoms. The van der Waals surface area contributed by atoms with Gasteiger partial charge in [0, 0.05) is 17.9 Å². The molecule has 2 aliphatic rings. The summed E-state index contributed by atoms with van der Waals surface area (Å²) in [6.45, 7) is 1.87. The lowest BCUT2D eigenvalue weighted by atomic mass is 9.85. The Morgan fingerprint density at radius 1 is 0.960 bits per heavy atom. The number of aryl methyl sites for hydroxylation is 1. The van der Waals surface area contributed by atoms with E-state index >= 15 is 0 Å². The van der Waals surface area contributed by atoms with Crippen molar-refractivity contribution >= 4 is 17.5 Å². The van der Waals surface area contributed by atoms with Gasteiger partial charge in [-0.3, -0.25) is 9.59 Å². The van der Waals surface area contributed by atoms with Crippen LogP contribution in [0.15, 0.2) is 18.2 Å². The van der Waals surface area contributed by atoms with E-state index in [0.29, 0.717) is 0 Å². The Kier molecular flexibility index (Phi) is 5.71. The van der Waals surface area contributed by atoms with Gasteiger partial charge in [0.1, 0.15) is 5.82 Å². The van der Waals surface area contributed by atoms with E-state index in [1.54, 1.807) is 12.1 Å². The largest absolute Gasteiger partial charge is 0.353 e. The molecule has 3 rings (SSSR count). The quantitative estimate of drug-likeness (QED) is 0.867. The van der Waals surface area contributed by atoms with Crippen LogP contribution < -0.4 is 10.6 Å². The van der Waals surface area contributed by atoms with Crippen molar-refractivity contribution < 1.29 is 14.0 Å². The zero-order chi connectivity index (χ0) is 17.8. The van der Waals surface area contributed by atoms with Crippen molar-refractivity contribution in [1.82, 2.24) is 5.32 Å². The van der Waals surface area contributed by atoms with Gasteiger partial charge in [0.15, 0.2) is 0 Å². The van der Waals surface area contributed by atoms with Crippen LogP contribution in [0.1, 0.15) is 56.9 Å². The fraction of sp³-hybridized carbons (Fsp3) is 0.600. The molecule has 0 unspecified atom stereocenters. The van der Waals surface area contributed by atoms with E-state index in [4.69, 9.17) is 0 Å². The van der Waals surface area contributed by atoms with Gasteiger partial charge in [-0.15, -0.1) is 0 Å². The van der Waals surface area contributed by atoms with Crippen LogP contribution in [0.2, 0.25) is 0 Å². The minimum atomic E-state index is -0.406. The van der Waals surface area contributed by atoms with Gasteiger partial charge in [-0.05, 0) is 63.1 Å². The number of amides is 2. The number of hydrogen-bond donors (Lipinski definition) is 2. The van der Waals surface area contributed by atoms with Crippen molar-refractivity contribution in [2.24, 2.45) is 11.8 Å². The highest BCUT2D eigenvalue weighted by Crippen LogP contribution is 2.28. The van der Waals surface area contributed by atoms with Crippen LogP contribution in [0.4, 0.5) is 10.1 Å². The highest BCUT2D eigenvalue weighted by atomic mass is 19.1. The third-order valence-electron chi connectivity index (χ3n) is 5.55. The van der Waals surface area contributed by atoms with Crippen molar-refractivity contribution in [3.63, 3.8) is 0 Å². The summed E-state index contributed by atoms with van der Waals surface area (Å²) >= 11 is 0. The number of anilines is 1. The predicted molar refractivity (Wildman–Crippen MR) is 95.6 cm³/mol. The van der Waals surface area contributed by atoms with Gasteiger partial charge in [-0.2, -0.15) is 0 Å². The molecule has 0 aliphatic heterocycles. The molecule has 1 aromatic carbocycles. The van der Waals surface area contributed by atoms with E-state index in [1.807, 2.05) is 6.92 Å². The standard InChI is InChI=1S/C20H27FN2O2/c1-13-6-11-17(21)18(12-13)23-20(25)15-7-9-16(10-8-15)22-19(24)14-4-2-3-5-14/h6,11-12,14-16H,2-5,7-10H2,1H3,(H,22,24)(H,23,25). The monoisotopic (exact) mass is 346 g/mol. The molecule has 5 heteroatoms. The van der Waals surface area contributed by atoms with E-state index in [2.05, 4.69) is 10.6 Å². The third-order valence-corrected chi connectivity index (χ3v) is 5.55. The van der Waals surface area contributed by atoms with Gasteiger partial charge in [-0.1, -0.05) is 18.9 Å². The van der Waals surface area contributed by atoms with E-state index in [9.17, 15) is 14.0 Å². The van der Waals surface area contributed by atoms with Crippen molar-refractivity contribution in [3.05, 3.63) is 29.6 Å². The molecule has 2 aliphatic carbocycles. The second-order valence-corrected chi connectivity index (χ2v) is 7.51. The summed E-state index contributed by atoms with van der Waals surface area (Å²) in [5, 5.41) is 5.88.